The van der Waals surface area contributed by atoms with Crippen LogP contribution in [0, 0.1) is 0 Å². The maximum atomic E-state index is 12.4. The van der Waals surface area contributed by atoms with Crippen LogP contribution < -0.4 is 4.74 Å². The number of hydrogen-bond acceptors (Lipinski definition) is 4. The lowest BCUT2D eigenvalue weighted by Crippen LogP contribution is -2.52. The van der Waals surface area contributed by atoms with Gasteiger partial charge in [0.25, 0.3) is 5.91 Å². The topological polar surface area (TPSA) is 53.1 Å². The summed E-state index contributed by atoms with van der Waals surface area (Å²) >= 11 is 0. The Bertz CT molecular complexity index is 631. The highest BCUT2D eigenvalue weighted by Crippen LogP contribution is 2.18. The molecule has 0 unspecified atom stereocenters. The van der Waals surface area contributed by atoms with E-state index in [1.165, 1.54) is 5.56 Å². The lowest BCUT2D eigenvalue weighted by molar-refractivity contribution is -0.136. The van der Waals surface area contributed by atoms with Gasteiger partial charge in [-0.15, -0.1) is 0 Å². The first kappa shape index (κ1) is 19.7. The number of ether oxygens (including phenoxy) is 1. The molecule has 0 saturated carbocycles. The zero-order chi connectivity index (χ0) is 19.2. The van der Waals surface area contributed by atoms with Crippen LogP contribution in [0.3, 0.4) is 0 Å². The molecular weight excluding hydrogens is 342 g/mol. The molecule has 3 rings (SSSR count). The van der Waals surface area contributed by atoms with E-state index in [-0.39, 0.29) is 18.4 Å². The number of hydrogen-bond donors (Lipinski definition) is 0. The summed E-state index contributed by atoms with van der Waals surface area (Å²) in [5.74, 6) is 1.44. The smallest absolute Gasteiger partial charge is 0.260 e. The average molecular weight is 373 g/mol. The maximum Gasteiger partial charge on any atom is 0.260 e. The molecule has 0 N–H and O–H groups in total. The number of amides is 2. The number of benzene rings is 1. The molecule has 1 aromatic carbocycles. The fourth-order valence-electron chi connectivity index (χ4n) is 3.60. The molecule has 0 atom stereocenters. The molecule has 27 heavy (non-hydrogen) atoms. The molecule has 0 bridgehead atoms. The lowest BCUT2D eigenvalue weighted by Gasteiger charge is -2.35. The van der Waals surface area contributed by atoms with Crippen molar-refractivity contribution in [2.24, 2.45) is 0 Å². The summed E-state index contributed by atoms with van der Waals surface area (Å²) in [6.07, 6.45) is 2.24. The highest BCUT2D eigenvalue weighted by atomic mass is 16.5. The molecule has 2 amide bonds. The van der Waals surface area contributed by atoms with E-state index in [4.69, 9.17) is 4.74 Å². The van der Waals surface area contributed by atoms with E-state index in [0.717, 1.165) is 44.8 Å². The Morgan fingerprint density at radius 1 is 0.889 bits per heavy atom. The van der Waals surface area contributed by atoms with Crippen molar-refractivity contribution < 1.29 is 14.3 Å². The van der Waals surface area contributed by atoms with Crippen LogP contribution >= 0.6 is 0 Å². The fourth-order valence-corrected chi connectivity index (χ4v) is 3.60. The highest BCUT2D eigenvalue weighted by Gasteiger charge is 2.25. The van der Waals surface area contributed by atoms with E-state index in [2.05, 4.69) is 18.7 Å². The molecule has 0 aromatic heterocycles. The molecule has 0 spiro atoms. The summed E-state index contributed by atoms with van der Waals surface area (Å²) < 4.78 is 5.65. The van der Waals surface area contributed by atoms with Crippen LogP contribution in [-0.2, 0) is 9.59 Å². The number of carbonyl (C=O) groups is 2. The van der Waals surface area contributed by atoms with E-state index < -0.39 is 0 Å². The second kappa shape index (κ2) is 9.22. The van der Waals surface area contributed by atoms with Gasteiger partial charge >= 0.3 is 0 Å². The minimum absolute atomic E-state index is 0.00783. The molecular formula is C21H31N3O3. The zero-order valence-corrected chi connectivity index (χ0v) is 16.5. The van der Waals surface area contributed by atoms with Gasteiger partial charge in [-0.2, -0.15) is 0 Å². The summed E-state index contributed by atoms with van der Waals surface area (Å²) in [5, 5.41) is 0. The minimum Gasteiger partial charge on any atom is -0.484 e. The van der Waals surface area contributed by atoms with Crippen LogP contribution in [-0.4, -0.2) is 78.9 Å². The lowest BCUT2D eigenvalue weighted by atomic mass is 10.0. The van der Waals surface area contributed by atoms with E-state index in [0.29, 0.717) is 25.6 Å². The molecule has 2 aliphatic rings. The predicted molar refractivity (Wildman–Crippen MR) is 105 cm³/mol. The first-order chi connectivity index (χ1) is 13.0. The molecule has 2 aliphatic heterocycles. The number of likely N-dealkylation sites (tertiary alicyclic amines) is 1. The third kappa shape index (κ3) is 5.45. The van der Waals surface area contributed by atoms with Crippen LogP contribution in [0.5, 0.6) is 5.75 Å². The standard InChI is InChI=1S/C21H31N3O3/c1-17(2)18-5-7-19(8-6-18)27-16-21(26)24-13-11-22(12-14-24)15-20(25)23-9-3-4-10-23/h5-8,17H,3-4,9-16H2,1-2H3. The largest absolute Gasteiger partial charge is 0.484 e. The summed E-state index contributed by atoms with van der Waals surface area (Å²) in [6.45, 7) is 9.43. The van der Waals surface area contributed by atoms with E-state index >= 15 is 0 Å². The van der Waals surface area contributed by atoms with Gasteiger partial charge in [-0.05, 0) is 36.5 Å². The monoisotopic (exact) mass is 373 g/mol. The molecule has 1 aromatic rings. The maximum absolute atomic E-state index is 12.4. The second-order valence-corrected chi connectivity index (χ2v) is 7.76. The molecule has 6 nitrogen and oxygen atoms in total. The minimum atomic E-state index is 0.00783. The average Bonchev–Trinajstić information content (AvgIpc) is 3.22. The van der Waals surface area contributed by atoms with Crippen molar-refractivity contribution in [3.05, 3.63) is 29.8 Å². The zero-order valence-electron chi connectivity index (χ0n) is 16.5. The second-order valence-electron chi connectivity index (χ2n) is 7.76. The van der Waals surface area contributed by atoms with Gasteiger partial charge in [0.15, 0.2) is 6.61 Å². The summed E-state index contributed by atoms with van der Waals surface area (Å²) in [6, 6.07) is 7.93. The highest BCUT2D eigenvalue weighted by molar-refractivity contribution is 5.79. The molecule has 6 heteroatoms. The Morgan fingerprint density at radius 3 is 2.07 bits per heavy atom. The number of nitrogens with zero attached hydrogens (tertiary/aromatic N) is 3. The number of rotatable bonds is 6. The normalized spacial score (nSPS) is 18.2. The van der Waals surface area contributed by atoms with Crippen LogP contribution in [0.4, 0.5) is 0 Å². The predicted octanol–water partition coefficient (Wildman–Crippen LogP) is 1.96. The van der Waals surface area contributed by atoms with Gasteiger partial charge in [0.2, 0.25) is 5.91 Å². The van der Waals surface area contributed by atoms with Crippen LogP contribution in [0.2, 0.25) is 0 Å². The van der Waals surface area contributed by atoms with Gasteiger partial charge in [-0.1, -0.05) is 26.0 Å². The van der Waals surface area contributed by atoms with Gasteiger partial charge in [-0.3, -0.25) is 14.5 Å². The Hall–Kier alpha value is -2.08. The van der Waals surface area contributed by atoms with Crippen LogP contribution in [0.15, 0.2) is 24.3 Å². The fraction of sp³-hybridized carbons (Fsp3) is 0.619. The third-order valence-corrected chi connectivity index (χ3v) is 5.45. The van der Waals surface area contributed by atoms with E-state index in [1.54, 1.807) is 0 Å². The summed E-state index contributed by atoms with van der Waals surface area (Å²) in [7, 11) is 0. The summed E-state index contributed by atoms with van der Waals surface area (Å²) in [5.41, 5.74) is 1.26. The van der Waals surface area contributed by atoms with Crippen molar-refractivity contribution in [2.75, 3.05) is 52.4 Å². The molecule has 2 saturated heterocycles. The molecule has 2 fully saturated rings. The van der Waals surface area contributed by atoms with Gasteiger partial charge < -0.3 is 14.5 Å². The SMILES string of the molecule is CC(C)c1ccc(OCC(=O)N2CCN(CC(=O)N3CCCC3)CC2)cc1. The Balaban J connectivity index is 1.38. The molecule has 0 aliphatic carbocycles. The van der Waals surface area contributed by atoms with Crippen molar-refractivity contribution in [3.8, 4) is 5.75 Å². The van der Waals surface area contributed by atoms with Gasteiger partial charge in [-0.25, -0.2) is 0 Å². The number of carbonyl (C=O) groups excluding carboxylic acids is 2. The number of piperazine rings is 1. The van der Waals surface area contributed by atoms with Crippen molar-refractivity contribution in [3.63, 3.8) is 0 Å². The quantitative estimate of drug-likeness (QED) is 0.765. The Labute approximate surface area is 162 Å². The van der Waals surface area contributed by atoms with Crippen molar-refractivity contribution >= 4 is 11.8 Å². The molecule has 148 valence electrons. The molecule has 0 radical (unpaired) electrons. The third-order valence-electron chi connectivity index (χ3n) is 5.45. The van der Waals surface area contributed by atoms with Crippen molar-refractivity contribution in [1.29, 1.82) is 0 Å². The first-order valence-corrected chi connectivity index (χ1v) is 10.0. The van der Waals surface area contributed by atoms with E-state index in [1.807, 2.05) is 34.1 Å². The van der Waals surface area contributed by atoms with Crippen molar-refractivity contribution in [2.45, 2.75) is 32.6 Å². The van der Waals surface area contributed by atoms with E-state index in [9.17, 15) is 9.59 Å². The Morgan fingerprint density at radius 2 is 1.48 bits per heavy atom. The van der Waals surface area contributed by atoms with Crippen LogP contribution in [0.1, 0.15) is 38.2 Å². The summed E-state index contributed by atoms with van der Waals surface area (Å²) in [4.78, 5) is 30.6. The van der Waals surface area contributed by atoms with Gasteiger partial charge in [0.05, 0.1) is 6.54 Å². The van der Waals surface area contributed by atoms with Crippen molar-refractivity contribution in [1.82, 2.24) is 14.7 Å². The first-order valence-electron chi connectivity index (χ1n) is 10.0. The molecule has 2 heterocycles. The van der Waals surface area contributed by atoms with Gasteiger partial charge in [0.1, 0.15) is 5.75 Å². The van der Waals surface area contributed by atoms with Crippen LogP contribution in [0.25, 0.3) is 0 Å². The Kier molecular flexibility index (Phi) is 6.72. The van der Waals surface area contributed by atoms with Gasteiger partial charge in [0, 0.05) is 39.3 Å².